The van der Waals surface area contributed by atoms with Gasteiger partial charge < -0.3 is 4.74 Å². The molecule has 6 nitrogen and oxygen atoms in total. The van der Waals surface area contributed by atoms with Gasteiger partial charge in [-0.05, 0) is 56.1 Å². The third kappa shape index (κ3) is 3.30. The van der Waals surface area contributed by atoms with E-state index in [1.54, 1.807) is 24.3 Å². The Kier molecular flexibility index (Phi) is 6.01. The molecule has 34 heavy (non-hydrogen) atoms. The normalized spacial score (nSPS) is 40.6. The third-order valence-electron chi connectivity index (χ3n) is 9.87. The molecule has 4 aliphatic rings. The van der Waals surface area contributed by atoms with Crippen molar-refractivity contribution in [1.82, 2.24) is 5.06 Å². The van der Waals surface area contributed by atoms with Gasteiger partial charge in [0.2, 0.25) is 0 Å². The van der Waals surface area contributed by atoms with Gasteiger partial charge in [0.1, 0.15) is 0 Å². The summed E-state index contributed by atoms with van der Waals surface area (Å²) in [6, 6.07) is 7.05. The van der Waals surface area contributed by atoms with Crippen LogP contribution in [0.15, 0.2) is 29.2 Å². The molecule has 0 aromatic heterocycles. The van der Waals surface area contributed by atoms with Crippen LogP contribution in [-0.2, 0) is 23.9 Å². The largest absolute Gasteiger partial charge is 0.352 e. The summed E-state index contributed by atoms with van der Waals surface area (Å²) in [5, 5.41) is 2.20. The van der Waals surface area contributed by atoms with Crippen LogP contribution in [0.1, 0.15) is 78.7 Å². The van der Waals surface area contributed by atoms with Gasteiger partial charge in [-0.25, -0.2) is 0 Å². The second-order valence-electron chi connectivity index (χ2n) is 11.8. The molecule has 2 bridgehead atoms. The van der Waals surface area contributed by atoms with E-state index >= 15 is 0 Å². The summed E-state index contributed by atoms with van der Waals surface area (Å²) in [4.78, 5) is 6.92. The number of ether oxygens (including phenoxy) is 1. The summed E-state index contributed by atoms with van der Waals surface area (Å²) >= 11 is 0. The van der Waals surface area contributed by atoms with Crippen LogP contribution >= 0.6 is 0 Å². The molecule has 5 rings (SSSR count). The Bertz CT molecular complexity index is 1020. The SMILES string of the molecule is CCC[C@@H]1ON2[C@@H]3[C@H]4CC[C@@](C)([C@@H]3O[C@@]2(CCC)[C@H]1COS(=O)(=O)c1ccc(C)cc1)C4(C)C. The fraction of sp³-hybridized carbons (Fsp3) is 0.778. The molecule has 0 radical (unpaired) electrons. The fourth-order valence-corrected chi connectivity index (χ4v) is 8.54. The van der Waals surface area contributed by atoms with Crippen LogP contribution in [0, 0.1) is 29.6 Å². The van der Waals surface area contributed by atoms with Gasteiger partial charge in [0.15, 0.2) is 5.72 Å². The van der Waals surface area contributed by atoms with Crippen LogP contribution in [0.25, 0.3) is 0 Å². The van der Waals surface area contributed by atoms with E-state index in [4.69, 9.17) is 13.8 Å². The van der Waals surface area contributed by atoms with Crippen molar-refractivity contribution < 1.29 is 22.2 Å². The first-order valence-corrected chi connectivity index (χ1v) is 14.5. The summed E-state index contributed by atoms with van der Waals surface area (Å²) in [7, 11) is -3.86. The number of rotatable bonds is 8. The predicted molar refractivity (Wildman–Crippen MR) is 130 cm³/mol. The Labute approximate surface area is 205 Å². The molecule has 0 amide bonds. The number of benzene rings is 1. The molecule has 2 saturated carbocycles. The lowest BCUT2D eigenvalue weighted by molar-refractivity contribution is -0.244. The minimum Gasteiger partial charge on any atom is -0.352 e. The Morgan fingerprint density at radius 3 is 2.47 bits per heavy atom. The third-order valence-corrected chi connectivity index (χ3v) is 11.2. The van der Waals surface area contributed by atoms with E-state index in [1.807, 2.05) is 6.92 Å². The second-order valence-corrected chi connectivity index (χ2v) is 13.4. The van der Waals surface area contributed by atoms with Crippen molar-refractivity contribution in [3.05, 3.63) is 29.8 Å². The molecule has 2 aliphatic carbocycles. The van der Waals surface area contributed by atoms with Crippen molar-refractivity contribution in [2.75, 3.05) is 6.61 Å². The highest BCUT2D eigenvalue weighted by Crippen LogP contribution is 2.72. The van der Waals surface area contributed by atoms with Crippen molar-refractivity contribution in [2.45, 2.75) is 109 Å². The number of fused-ring (bicyclic) bond motifs is 7. The summed E-state index contributed by atoms with van der Waals surface area (Å²) in [5.74, 6) is 0.351. The van der Waals surface area contributed by atoms with Crippen molar-refractivity contribution >= 4 is 10.1 Å². The summed E-state index contributed by atoms with van der Waals surface area (Å²) in [6.45, 7) is 13.5. The zero-order chi connectivity index (χ0) is 24.5. The standard InChI is InChI=1S/C27H41NO5S/c1-7-9-22-21(17-31-34(29,30)19-12-10-18(3)11-13-19)27(15-8-2)28(33-22)23-20-14-16-26(6,24(23)32-27)25(20,4)5/h10-13,20-24H,7-9,14-17H2,1-6H3/t20-,21+,22+,23-,24-,26+,27+/m1/s1. The number of aryl methyl sites for hydroxylation is 1. The molecule has 1 aromatic rings. The maximum absolute atomic E-state index is 13.0. The lowest BCUT2D eigenvalue weighted by Crippen LogP contribution is -2.50. The van der Waals surface area contributed by atoms with Gasteiger partial charge in [-0.15, -0.1) is 0 Å². The molecule has 2 heterocycles. The van der Waals surface area contributed by atoms with Gasteiger partial charge in [-0.1, -0.05) is 65.2 Å². The molecule has 7 atom stereocenters. The molecule has 1 aromatic carbocycles. The van der Waals surface area contributed by atoms with Gasteiger partial charge in [-0.2, -0.15) is 13.5 Å². The lowest BCUT2D eigenvalue weighted by atomic mass is 9.70. The topological polar surface area (TPSA) is 65.1 Å². The number of hydroxylamine groups is 2. The van der Waals surface area contributed by atoms with E-state index in [-0.39, 0.29) is 46.5 Å². The van der Waals surface area contributed by atoms with Crippen LogP contribution in [0.4, 0.5) is 0 Å². The maximum Gasteiger partial charge on any atom is 0.296 e. The van der Waals surface area contributed by atoms with Crippen molar-refractivity contribution in [3.63, 3.8) is 0 Å². The fourth-order valence-electron chi connectivity index (χ4n) is 7.61. The molecular formula is C27H41NO5S. The van der Waals surface area contributed by atoms with Crippen LogP contribution in [0.3, 0.4) is 0 Å². The molecular weight excluding hydrogens is 450 g/mol. The highest BCUT2D eigenvalue weighted by atomic mass is 32.2. The van der Waals surface area contributed by atoms with Gasteiger partial charge >= 0.3 is 0 Å². The van der Waals surface area contributed by atoms with E-state index in [0.29, 0.717) is 5.92 Å². The van der Waals surface area contributed by atoms with E-state index < -0.39 is 15.8 Å². The predicted octanol–water partition coefficient (Wildman–Crippen LogP) is 5.45. The first-order valence-electron chi connectivity index (χ1n) is 13.1. The summed E-state index contributed by atoms with van der Waals surface area (Å²) < 4.78 is 38.9. The molecule has 4 fully saturated rings. The van der Waals surface area contributed by atoms with Crippen molar-refractivity contribution in [3.8, 4) is 0 Å². The van der Waals surface area contributed by atoms with Crippen molar-refractivity contribution in [1.29, 1.82) is 0 Å². The van der Waals surface area contributed by atoms with E-state index in [1.165, 1.54) is 12.8 Å². The van der Waals surface area contributed by atoms with Crippen LogP contribution < -0.4 is 0 Å². The molecule has 0 N–H and O–H groups in total. The average molecular weight is 492 g/mol. The minimum atomic E-state index is -3.86. The van der Waals surface area contributed by atoms with Gasteiger partial charge in [-0.3, -0.25) is 9.02 Å². The Hall–Kier alpha value is -0.990. The highest BCUT2D eigenvalue weighted by Gasteiger charge is 2.77. The number of hydrogen-bond acceptors (Lipinski definition) is 6. The molecule has 190 valence electrons. The van der Waals surface area contributed by atoms with E-state index in [9.17, 15) is 8.42 Å². The first kappa shape index (κ1) is 24.7. The molecule has 0 unspecified atom stereocenters. The zero-order valence-electron chi connectivity index (χ0n) is 21.5. The smallest absolute Gasteiger partial charge is 0.296 e. The molecule has 0 spiro atoms. The minimum absolute atomic E-state index is 0.0710. The van der Waals surface area contributed by atoms with Gasteiger partial charge in [0, 0.05) is 5.41 Å². The quantitative estimate of drug-likeness (QED) is 0.451. The Morgan fingerprint density at radius 2 is 1.82 bits per heavy atom. The van der Waals surface area contributed by atoms with Gasteiger partial charge in [0.05, 0.1) is 35.7 Å². The number of hydrogen-bond donors (Lipinski definition) is 0. The van der Waals surface area contributed by atoms with E-state index in [0.717, 1.165) is 31.2 Å². The highest BCUT2D eigenvalue weighted by molar-refractivity contribution is 7.86. The van der Waals surface area contributed by atoms with Gasteiger partial charge in [0.25, 0.3) is 10.1 Å². The van der Waals surface area contributed by atoms with E-state index in [2.05, 4.69) is 39.7 Å². The molecule has 2 aliphatic heterocycles. The zero-order valence-corrected chi connectivity index (χ0v) is 22.4. The lowest BCUT2D eigenvalue weighted by Gasteiger charge is -2.42. The van der Waals surface area contributed by atoms with Crippen LogP contribution in [0.5, 0.6) is 0 Å². The van der Waals surface area contributed by atoms with Crippen molar-refractivity contribution in [2.24, 2.45) is 22.7 Å². The number of nitrogens with zero attached hydrogens (tertiary/aromatic N) is 1. The average Bonchev–Trinajstić information content (AvgIpc) is 3.37. The Balaban J connectivity index is 1.46. The molecule has 2 saturated heterocycles. The van der Waals surface area contributed by atoms with Crippen LogP contribution in [0.2, 0.25) is 0 Å². The summed E-state index contributed by atoms with van der Waals surface area (Å²) in [5.41, 5.74) is 0.664. The maximum atomic E-state index is 13.0. The second kappa shape index (κ2) is 8.27. The summed E-state index contributed by atoms with van der Waals surface area (Å²) in [6.07, 6.45) is 5.91. The first-order chi connectivity index (χ1) is 16.0. The van der Waals surface area contributed by atoms with Crippen LogP contribution in [-0.4, -0.2) is 44.1 Å². The molecule has 7 heteroatoms. The monoisotopic (exact) mass is 491 g/mol. The Morgan fingerprint density at radius 1 is 1.12 bits per heavy atom.